The normalized spacial score (nSPS) is 28.1. The van der Waals surface area contributed by atoms with E-state index in [0.717, 1.165) is 38.5 Å². The number of esters is 1. The zero-order valence-electron chi connectivity index (χ0n) is 10.2. The molecule has 0 bridgehead atoms. The summed E-state index contributed by atoms with van der Waals surface area (Å²) in [4.78, 5) is 11.5. The van der Waals surface area contributed by atoms with Crippen molar-refractivity contribution >= 4 is 5.97 Å². The standard InChI is InChI=1S/C14H22O2/c1-2-13-11-9-7-5-3-4-6-8-10-12-14(15)16-13/h4-7,13H,2-3,8-12H2,1H3/b6-4-,7-5-/t13-/m1/s1. The number of carbonyl (C=O) groups excluding carboxylic acids is 1. The van der Waals surface area contributed by atoms with Crippen molar-refractivity contribution in [1.82, 2.24) is 0 Å². The van der Waals surface area contributed by atoms with Crippen LogP contribution in [0, 0.1) is 0 Å². The van der Waals surface area contributed by atoms with Crippen molar-refractivity contribution in [2.45, 2.75) is 58.0 Å². The Bertz CT molecular complexity index is 253. The molecule has 0 spiro atoms. The van der Waals surface area contributed by atoms with E-state index in [2.05, 4.69) is 31.2 Å². The van der Waals surface area contributed by atoms with Crippen molar-refractivity contribution in [2.75, 3.05) is 0 Å². The molecule has 90 valence electrons. The van der Waals surface area contributed by atoms with Gasteiger partial charge in [-0.05, 0) is 38.5 Å². The van der Waals surface area contributed by atoms with Gasteiger partial charge < -0.3 is 4.74 Å². The topological polar surface area (TPSA) is 26.3 Å². The lowest BCUT2D eigenvalue weighted by molar-refractivity contribution is -0.149. The summed E-state index contributed by atoms with van der Waals surface area (Å²) in [6.45, 7) is 2.07. The van der Waals surface area contributed by atoms with Crippen molar-refractivity contribution in [3.63, 3.8) is 0 Å². The Morgan fingerprint density at radius 1 is 1.25 bits per heavy atom. The summed E-state index contributed by atoms with van der Waals surface area (Å²) in [5, 5.41) is 0. The van der Waals surface area contributed by atoms with Gasteiger partial charge in [0.25, 0.3) is 0 Å². The molecule has 2 heteroatoms. The Morgan fingerprint density at radius 2 is 2.00 bits per heavy atom. The monoisotopic (exact) mass is 222 g/mol. The molecule has 0 saturated carbocycles. The Labute approximate surface area is 98.4 Å². The summed E-state index contributed by atoms with van der Waals surface area (Å²) in [5.74, 6) is -0.0384. The number of hydrogen-bond acceptors (Lipinski definition) is 2. The van der Waals surface area contributed by atoms with E-state index in [1.54, 1.807) is 0 Å². The van der Waals surface area contributed by atoms with Gasteiger partial charge in [0, 0.05) is 6.42 Å². The van der Waals surface area contributed by atoms with Gasteiger partial charge in [-0.3, -0.25) is 4.79 Å². The lowest BCUT2D eigenvalue weighted by Gasteiger charge is -2.15. The zero-order chi connectivity index (χ0) is 11.6. The number of ether oxygens (including phenoxy) is 1. The zero-order valence-corrected chi connectivity index (χ0v) is 10.2. The Hall–Kier alpha value is -1.05. The molecule has 0 amide bonds. The van der Waals surface area contributed by atoms with E-state index < -0.39 is 0 Å². The average Bonchev–Trinajstić information content (AvgIpc) is 2.30. The van der Waals surface area contributed by atoms with Crippen LogP contribution in [-0.4, -0.2) is 12.1 Å². The fourth-order valence-electron chi connectivity index (χ4n) is 1.74. The number of cyclic esters (lactones) is 1. The molecule has 0 unspecified atom stereocenters. The van der Waals surface area contributed by atoms with E-state index in [-0.39, 0.29) is 12.1 Å². The molecule has 1 rings (SSSR count). The molecule has 16 heavy (non-hydrogen) atoms. The molecular formula is C14H22O2. The number of carbonyl (C=O) groups is 1. The van der Waals surface area contributed by atoms with Crippen LogP contribution in [0.25, 0.3) is 0 Å². The van der Waals surface area contributed by atoms with Crippen LogP contribution in [0.1, 0.15) is 51.9 Å². The highest BCUT2D eigenvalue weighted by molar-refractivity contribution is 5.69. The van der Waals surface area contributed by atoms with Gasteiger partial charge in [0.1, 0.15) is 6.10 Å². The van der Waals surface area contributed by atoms with E-state index in [9.17, 15) is 4.79 Å². The van der Waals surface area contributed by atoms with Crippen molar-refractivity contribution in [2.24, 2.45) is 0 Å². The molecule has 0 aliphatic carbocycles. The smallest absolute Gasteiger partial charge is 0.306 e. The molecule has 0 fully saturated rings. The third kappa shape index (κ3) is 5.74. The maximum atomic E-state index is 11.5. The van der Waals surface area contributed by atoms with Crippen LogP contribution in [0.4, 0.5) is 0 Å². The summed E-state index contributed by atoms with van der Waals surface area (Å²) < 4.78 is 5.42. The molecule has 0 aromatic rings. The van der Waals surface area contributed by atoms with Gasteiger partial charge in [-0.2, -0.15) is 0 Å². The minimum Gasteiger partial charge on any atom is -0.462 e. The first-order valence-electron chi connectivity index (χ1n) is 6.32. The highest BCUT2D eigenvalue weighted by Crippen LogP contribution is 2.11. The molecule has 0 aromatic heterocycles. The van der Waals surface area contributed by atoms with E-state index in [1.807, 2.05) is 0 Å². The Balaban J connectivity index is 2.46. The predicted octanol–water partition coefficient (Wildman–Crippen LogP) is 3.77. The SMILES string of the molecule is CC[C@@H]1CC/C=C\C/C=C\CCCC(=O)O1. The van der Waals surface area contributed by atoms with Crippen LogP contribution in [0.2, 0.25) is 0 Å². The van der Waals surface area contributed by atoms with Crippen molar-refractivity contribution < 1.29 is 9.53 Å². The maximum absolute atomic E-state index is 11.5. The first-order valence-corrected chi connectivity index (χ1v) is 6.32. The molecule has 1 aliphatic heterocycles. The predicted molar refractivity (Wildman–Crippen MR) is 66.2 cm³/mol. The second-order valence-electron chi connectivity index (χ2n) is 4.17. The quantitative estimate of drug-likeness (QED) is 0.498. The number of hydrogen-bond donors (Lipinski definition) is 0. The molecular weight excluding hydrogens is 200 g/mol. The lowest BCUT2D eigenvalue weighted by atomic mass is 10.1. The summed E-state index contributed by atoms with van der Waals surface area (Å²) >= 11 is 0. The largest absolute Gasteiger partial charge is 0.462 e. The third-order valence-electron chi connectivity index (χ3n) is 2.77. The molecule has 2 nitrogen and oxygen atoms in total. The van der Waals surface area contributed by atoms with Gasteiger partial charge in [-0.1, -0.05) is 31.2 Å². The van der Waals surface area contributed by atoms with Crippen LogP contribution < -0.4 is 0 Å². The first kappa shape index (κ1) is 13.0. The summed E-state index contributed by atoms with van der Waals surface area (Å²) in [6, 6.07) is 0. The maximum Gasteiger partial charge on any atom is 0.306 e. The molecule has 0 radical (unpaired) electrons. The van der Waals surface area contributed by atoms with Crippen LogP contribution in [0.15, 0.2) is 24.3 Å². The van der Waals surface area contributed by atoms with Gasteiger partial charge in [-0.25, -0.2) is 0 Å². The average molecular weight is 222 g/mol. The van der Waals surface area contributed by atoms with E-state index in [4.69, 9.17) is 4.74 Å². The van der Waals surface area contributed by atoms with Crippen LogP contribution in [0.5, 0.6) is 0 Å². The first-order chi connectivity index (χ1) is 7.83. The van der Waals surface area contributed by atoms with Crippen molar-refractivity contribution in [1.29, 1.82) is 0 Å². The Morgan fingerprint density at radius 3 is 2.75 bits per heavy atom. The van der Waals surface area contributed by atoms with Crippen LogP contribution in [0.3, 0.4) is 0 Å². The van der Waals surface area contributed by atoms with Crippen LogP contribution >= 0.6 is 0 Å². The summed E-state index contributed by atoms with van der Waals surface area (Å²) in [5.41, 5.74) is 0. The van der Waals surface area contributed by atoms with Crippen molar-refractivity contribution in [3.05, 3.63) is 24.3 Å². The van der Waals surface area contributed by atoms with Gasteiger partial charge in [0.05, 0.1) is 0 Å². The lowest BCUT2D eigenvalue weighted by Crippen LogP contribution is -2.17. The fourth-order valence-corrected chi connectivity index (χ4v) is 1.74. The summed E-state index contributed by atoms with van der Waals surface area (Å²) in [7, 11) is 0. The van der Waals surface area contributed by atoms with Gasteiger partial charge >= 0.3 is 5.97 Å². The molecule has 0 saturated heterocycles. The second kappa shape index (κ2) is 8.14. The van der Waals surface area contributed by atoms with Crippen LogP contribution in [-0.2, 0) is 9.53 Å². The highest BCUT2D eigenvalue weighted by Gasteiger charge is 2.11. The number of allylic oxidation sites excluding steroid dienone is 4. The van der Waals surface area contributed by atoms with Gasteiger partial charge in [0.15, 0.2) is 0 Å². The van der Waals surface area contributed by atoms with Crippen molar-refractivity contribution in [3.8, 4) is 0 Å². The minimum atomic E-state index is -0.0384. The molecule has 0 aromatic carbocycles. The fraction of sp³-hybridized carbons (Fsp3) is 0.643. The van der Waals surface area contributed by atoms with E-state index in [0.29, 0.717) is 6.42 Å². The molecule has 1 heterocycles. The van der Waals surface area contributed by atoms with Gasteiger partial charge in [-0.15, -0.1) is 0 Å². The molecule has 1 atom stereocenters. The van der Waals surface area contributed by atoms with E-state index in [1.165, 1.54) is 0 Å². The van der Waals surface area contributed by atoms with E-state index >= 15 is 0 Å². The number of rotatable bonds is 1. The molecule has 1 aliphatic rings. The summed E-state index contributed by atoms with van der Waals surface area (Å²) in [6.07, 6.45) is 15.1. The third-order valence-corrected chi connectivity index (χ3v) is 2.77. The minimum absolute atomic E-state index is 0.0384. The molecule has 0 N–H and O–H groups in total. The second-order valence-corrected chi connectivity index (χ2v) is 4.17. The van der Waals surface area contributed by atoms with Gasteiger partial charge in [0.2, 0.25) is 0 Å². The Kier molecular flexibility index (Phi) is 6.62. The highest BCUT2D eigenvalue weighted by atomic mass is 16.5.